The van der Waals surface area contributed by atoms with E-state index in [9.17, 15) is 20.1 Å². The van der Waals surface area contributed by atoms with Crippen LogP contribution in [0.5, 0.6) is 0 Å². The maximum Gasteiger partial charge on any atom is 0.290 e. The van der Waals surface area contributed by atoms with Crippen molar-refractivity contribution in [1.29, 1.82) is 0 Å². The molecule has 10 heteroatoms. The lowest BCUT2D eigenvalue weighted by molar-refractivity contribution is -0.0955. The molecular weight excluding hydrogens is 330 g/mol. The van der Waals surface area contributed by atoms with E-state index < -0.39 is 36.2 Å². The van der Waals surface area contributed by atoms with E-state index in [4.69, 9.17) is 4.74 Å². The maximum absolute atomic E-state index is 11.7. The first-order valence-electron chi connectivity index (χ1n) is 7.74. The molecule has 4 rings (SSSR count). The minimum atomic E-state index is -1.66. The molecule has 0 aliphatic carbocycles. The zero-order valence-electron chi connectivity index (χ0n) is 13.5. The van der Waals surface area contributed by atoms with Crippen molar-refractivity contribution >= 4 is 28.4 Å². The Balaban J connectivity index is 1.97. The molecule has 2 aromatic heterocycles. The van der Waals surface area contributed by atoms with E-state index in [1.165, 1.54) is 11.5 Å². The van der Waals surface area contributed by atoms with E-state index >= 15 is 0 Å². The molecule has 4 N–H and O–H groups in total. The van der Waals surface area contributed by atoms with Crippen molar-refractivity contribution in [3.05, 3.63) is 22.7 Å². The first-order valence-corrected chi connectivity index (χ1v) is 7.74. The molecule has 1 saturated heterocycles. The quantitative estimate of drug-likeness (QED) is 0.557. The van der Waals surface area contributed by atoms with Crippen LogP contribution in [0.3, 0.4) is 0 Å². The van der Waals surface area contributed by atoms with Gasteiger partial charge in [-0.3, -0.25) is 4.79 Å². The summed E-state index contributed by atoms with van der Waals surface area (Å²) in [5.41, 5.74) is -1.72. The predicted octanol–water partition coefficient (Wildman–Crippen LogP) is -0.732. The molecule has 0 radical (unpaired) electrons. The number of aliphatic hydroxyl groups excluding tert-OH is 2. The molecule has 0 bridgehead atoms. The monoisotopic (exact) mass is 347 g/mol. The predicted molar refractivity (Wildman–Crippen MR) is 87.8 cm³/mol. The summed E-state index contributed by atoms with van der Waals surface area (Å²) in [7, 11) is 0. The van der Waals surface area contributed by atoms with Crippen LogP contribution in [0, 0.1) is 0 Å². The Morgan fingerprint density at radius 2 is 2.24 bits per heavy atom. The van der Waals surface area contributed by atoms with Crippen LogP contribution in [-0.2, 0) is 4.74 Å². The van der Waals surface area contributed by atoms with Crippen molar-refractivity contribution in [2.24, 2.45) is 4.99 Å². The highest BCUT2D eigenvalue weighted by Crippen LogP contribution is 2.44. The van der Waals surface area contributed by atoms with E-state index in [-0.39, 0.29) is 0 Å². The largest absolute Gasteiger partial charge is 0.394 e. The van der Waals surface area contributed by atoms with Crippen LogP contribution in [0.1, 0.15) is 20.1 Å². The highest BCUT2D eigenvalue weighted by atomic mass is 16.6. The second-order valence-electron chi connectivity index (χ2n) is 6.38. The van der Waals surface area contributed by atoms with Crippen LogP contribution < -0.4 is 10.9 Å². The van der Waals surface area contributed by atoms with Crippen molar-refractivity contribution in [2.75, 3.05) is 11.9 Å². The maximum atomic E-state index is 11.7. The molecule has 0 amide bonds. The molecule has 1 fully saturated rings. The zero-order valence-corrected chi connectivity index (χ0v) is 13.5. The number of aliphatic imine (C=N–C) groups is 1. The third-order valence-corrected chi connectivity index (χ3v) is 4.52. The number of amidine groups is 1. The Morgan fingerprint density at radius 1 is 1.48 bits per heavy atom. The number of rotatable bonds is 2. The highest BCUT2D eigenvalue weighted by Gasteiger charge is 2.53. The highest BCUT2D eigenvalue weighted by molar-refractivity contribution is 6.10. The van der Waals surface area contributed by atoms with Crippen LogP contribution in [0.25, 0.3) is 10.9 Å². The minimum Gasteiger partial charge on any atom is -0.394 e. The Bertz CT molecular complexity index is 953. The van der Waals surface area contributed by atoms with E-state index in [1.54, 1.807) is 13.1 Å². The standard InChI is InChI=1S/C15H17N5O5/c1-6-17-12-10-7(16-3-9(22)19-12)4-20(13(10)18-6)14-15(2,24)11(23)8(5-21)25-14/h3-4,8,11,14,21,23-24H,5H2,1-2H3,(H,17,18,19,22)/t8-,11-,14?,15+/m1/s1. The molecular formula is C15H17N5O5. The summed E-state index contributed by atoms with van der Waals surface area (Å²) in [6.07, 6.45) is -0.531. The van der Waals surface area contributed by atoms with Gasteiger partial charge >= 0.3 is 0 Å². The van der Waals surface area contributed by atoms with Crippen molar-refractivity contribution in [2.45, 2.75) is 37.9 Å². The number of anilines is 1. The van der Waals surface area contributed by atoms with E-state index in [0.717, 1.165) is 6.20 Å². The lowest BCUT2D eigenvalue weighted by atomic mass is 9.96. The van der Waals surface area contributed by atoms with Gasteiger partial charge in [-0.25, -0.2) is 9.98 Å². The summed E-state index contributed by atoms with van der Waals surface area (Å²) in [4.78, 5) is 24.2. The molecule has 2 aromatic rings. The van der Waals surface area contributed by atoms with Crippen LogP contribution in [0.2, 0.25) is 0 Å². The first kappa shape index (κ1) is 16.1. The fourth-order valence-electron chi connectivity index (χ4n) is 3.28. The Kier molecular flexibility index (Phi) is 3.41. The smallest absolute Gasteiger partial charge is 0.290 e. The Hall–Kier alpha value is -2.40. The summed E-state index contributed by atoms with van der Waals surface area (Å²) in [5.74, 6) is 1.22. The van der Waals surface area contributed by atoms with Gasteiger partial charge in [0, 0.05) is 6.20 Å². The number of hydrogen-bond donors (Lipinski definition) is 4. The van der Waals surface area contributed by atoms with Crippen LogP contribution in [-0.4, -0.2) is 60.1 Å². The lowest BCUT2D eigenvalue weighted by Gasteiger charge is -2.28. The minimum absolute atomic E-state index is 0.315. The summed E-state index contributed by atoms with van der Waals surface area (Å²) < 4.78 is 7.19. The van der Waals surface area contributed by atoms with Crippen molar-refractivity contribution in [3.63, 3.8) is 0 Å². The van der Waals surface area contributed by atoms with Gasteiger partial charge in [-0.15, -0.1) is 0 Å². The van der Waals surface area contributed by atoms with Gasteiger partial charge in [0.1, 0.15) is 35.3 Å². The fourth-order valence-corrected chi connectivity index (χ4v) is 3.28. The SMILES string of the molecule is CC1=Nc2c3c(nc(=O)cnc3cn2C2O[C@H](CO)[C@@H](O)[C@]2(C)O)N1. The Morgan fingerprint density at radius 3 is 2.92 bits per heavy atom. The molecule has 4 atom stereocenters. The van der Waals surface area contributed by atoms with Gasteiger partial charge in [0.05, 0.1) is 23.7 Å². The van der Waals surface area contributed by atoms with Crippen LogP contribution in [0.15, 0.2) is 22.2 Å². The zero-order chi connectivity index (χ0) is 17.9. The fraction of sp³-hybridized carbons (Fsp3) is 0.467. The second kappa shape index (κ2) is 5.30. The number of nitrogens with zero attached hydrogens (tertiary/aromatic N) is 4. The topological polar surface area (TPSA) is 142 Å². The molecule has 132 valence electrons. The summed E-state index contributed by atoms with van der Waals surface area (Å²) in [5, 5.41) is 33.7. The van der Waals surface area contributed by atoms with E-state index in [2.05, 4.69) is 20.3 Å². The van der Waals surface area contributed by atoms with Gasteiger partial charge in [0.25, 0.3) is 5.56 Å². The van der Waals surface area contributed by atoms with Crippen molar-refractivity contribution in [3.8, 4) is 0 Å². The molecule has 0 saturated carbocycles. The third-order valence-electron chi connectivity index (χ3n) is 4.52. The number of ether oxygens (including phenoxy) is 1. The van der Waals surface area contributed by atoms with Gasteiger partial charge in [-0.2, -0.15) is 4.98 Å². The molecule has 1 unspecified atom stereocenters. The number of aromatic nitrogens is 3. The Labute approximate surface area is 141 Å². The van der Waals surface area contributed by atoms with E-state index in [0.29, 0.717) is 28.4 Å². The van der Waals surface area contributed by atoms with Gasteiger partial charge < -0.3 is 29.9 Å². The summed E-state index contributed by atoms with van der Waals surface area (Å²) >= 11 is 0. The normalized spacial score (nSPS) is 31.1. The number of hydrogen-bond acceptors (Lipinski definition) is 9. The van der Waals surface area contributed by atoms with Crippen LogP contribution >= 0.6 is 0 Å². The van der Waals surface area contributed by atoms with E-state index in [1.807, 2.05) is 0 Å². The van der Waals surface area contributed by atoms with Gasteiger partial charge in [-0.05, 0) is 13.8 Å². The third kappa shape index (κ3) is 2.26. The van der Waals surface area contributed by atoms with Crippen molar-refractivity contribution < 1.29 is 20.1 Å². The summed E-state index contributed by atoms with van der Waals surface area (Å²) in [6, 6.07) is 0. The lowest BCUT2D eigenvalue weighted by Crippen LogP contribution is -2.44. The molecule has 25 heavy (non-hydrogen) atoms. The van der Waals surface area contributed by atoms with Gasteiger partial charge in [0.2, 0.25) is 0 Å². The molecule has 2 aliphatic heterocycles. The van der Waals surface area contributed by atoms with Gasteiger partial charge in [-0.1, -0.05) is 0 Å². The average Bonchev–Trinajstić information content (AvgIpc) is 2.94. The van der Waals surface area contributed by atoms with Gasteiger partial charge in [0.15, 0.2) is 6.23 Å². The second-order valence-corrected chi connectivity index (χ2v) is 6.38. The molecule has 10 nitrogen and oxygen atoms in total. The summed E-state index contributed by atoms with van der Waals surface area (Å²) in [6.45, 7) is 2.69. The first-order chi connectivity index (χ1) is 11.8. The molecule has 0 spiro atoms. The van der Waals surface area contributed by atoms with Crippen LogP contribution in [0.4, 0.5) is 11.6 Å². The molecule has 2 aliphatic rings. The molecule has 4 heterocycles. The average molecular weight is 347 g/mol. The van der Waals surface area contributed by atoms with Crippen molar-refractivity contribution in [1.82, 2.24) is 14.5 Å². The number of nitrogens with one attached hydrogen (secondary N) is 1. The molecule has 0 aromatic carbocycles. The number of aliphatic hydroxyl groups is 3.